The first-order chi connectivity index (χ1) is 9.58. The van der Waals surface area contributed by atoms with Crippen molar-refractivity contribution in [3.63, 3.8) is 0 Å². The summed E-state index contributed by atoms with van der Waals surface area (Å²) in [6, 6.07) is 11.3. The van der Waals surface area contributed by atoms with Crippen LogP contribution in [0.5, 0.6) is 0 Å². The summed E-state index contributed by atoms with van der Waals surface area (Å²) in [4.78, 5) is 12.4. The largest absolute Gasteiger partial charge is 0.452 e. The number of para-hydroxylation sites is 1. The Hall–Kier alpha value is -2.13. The third-order valence-electron chi connectivity index (χ3n) is 3.15. The number of carbonyl (C=O) groups is 1. The van der Waals surface area contributed by atoms with E-state index in [2.05, 4.69) is 0 Å². The molecule has 1 heterocycles. The summed E-state index contributed by atoms with van der Waals surface area (Å²) in [5.41, 5.74) is 1.38. The number of rotatable bonds is 2. The van der Waals surface area contributed by atoms with Crippen LogP contribution >= 0.6 is 11.6 Å². The molecule has 100 valence electrons. The van der Waals surface area contributed by atoms with Gasteiger partial charge in [0.2, 0.25) is 5.78 Å². The Balaban J connectivity index is 2.16. The summed E-state index contributed by atoms with van der Waals surface area (Å²) in [6.07, 6.45) is 0. The van der Waals surface area contributed by atoms with Gasteiger partial charge in [-0.2, -0.15) is 0 Å². The van der Waals surface area contributed by atoms with Gasteiger partial charge >= 0.3 is 0 Å². The number of aryl methyl sites for hydroxylation is 1. The maximum absolute atomic E-state index is 13.8. The van der Waals surface area contributed by atoms with Gasteiger partial charge in [-0.05, 0) is 30.7 Å². The van der Waals surface area contributed by atoms with E-state index < -0.39 is 11.6 Å². The van der Waals surface area contributed by atoms with Gasteiger partial charge in [-0.15, -0.1) is 0 Å². The molecule has 4 heteroatoms. The maximum atomic E-state index is 13.8. The van der Waals surface area contributed by atoms with Gasteiger partial charge in [0.1, 0.15) is 11.4 Å². The molecule has 0 amide bonds. The predicted octanol–water partition coefficient (Wildman–Crippen LogP) is 4.76. The zero-order valence-electron chi connectivity index (χ0n) is 10.6. The quantitative estimate of drug-likeness (QED) is 0.636. The highest BCUT2D eigenvalue weighted by molar-refractivity contribution is 6.34. The third-order valence-corrected chi connectivity index (χ3v) is 3.47. The second kappa shape index (κ2) is 4.76. The van der Waals surface area contributed by atoms with E-state index in [1.165, 1.54) is 18.2 Å². The summed E-state index contributed by atoms with van der Waals surface area (Å²) in [5, 5.41) is 0.882. The van der Waals surface area contributed by atoms with Crippen molar-refractivity contribution in [1.29, 1.82) is 0 Å². The topological polar surface area (TPSA) is 30.2 Å². The molecule has 0 atom stereocenters. The smallest absolute Gasteiger partial charge is 0.232 e. The summed E-state index contributed by atoms with van der Waals surface area (Å²) in [5.74, 6) is -1.12. The fourth-order valence-corrected chi connectivity index (χ4v) is 2.41. The molecule has 0 bridgehead atoms. The van der Waals surface area contributed by atoms with Crippen LogP contribution in [0, 0.1) is 12.7 Å². The second-order valence-corrected chi connectivity index (χ2v) is 4.94. The van der Waals surface area contributed by atoms with Crippen LogP contribution in [0.3, 0.4) is 0 Å². The Bertz CT molecular complexity index is 800. The standard InChI is InChI=1S/C16H10ClFO2/c1-9-4-2-5-10-8-13(20-16(9)10)15(19)14-11(17)6-3-7-12(14)18/h2-8H,1H3. The van der Waals surface area contributed by atoms with Gasteiger partial charge in [0.25, 0.3) is 0 Å². The Morgan fingerprint density at radius 3 is 2.65 bits per heavy atom. The van der Waals surface area contributed by atoms with Crippen LogP contribution in [-0.4, -0.2) is 5.78 Å². The van der Waals surface area contributed by atoms with Crippen molar-refractivity contribution in [2.45, 2.75) is 6.92 Å². The van der Waals surface area contributed by atoms with Crippen molar-refractivity contribution in [3.8, 4) is 0 Å². The van der Waals surface area contributed by atoms with Crippen LogP contribution in [0.2, 0.25) is 5.02 Å². The van der Waals surface area contributed by atoms with Crippen molar-refractivity contribution >= 4 is 28.4 Å². The minimum atomic E-state index is -0.653. The second-order valence-electron chi connectivity index (χ2n) is 4.53. The van der Waals surface area contributed by atoms with Crippen LogP contribution in [0.1, 0.15) is 21.7 Å². The molecule has 0 fully saturated rings. The van der Waals surface area contributed by atoms with Crippen LogP contribution in [0.4, 0.5) is 4.39 Å². The van der Waals surface area contributed by atoms with Crippen LogP contribution < -0.4 is 0 Å². The summed E-state index contributed by atoms with van der Waals surface area (Å²) in [6.45, 7) is 1.89. The van der Waals surface area contributed by atoms with E-state index in [0.717, 1.165) is 10.9 Å². The van der Waals surface area contributed by atoms with Gasteiger partial charge in [-0.1, -0.05) is 35.9 Å². The van der Waals surface area contributed by atoms with E-state index in [-0.39, 0.29) is 16.3 Å². The molecular formula is C16H10ClFO2. The highest BCUT2D eigenvalue weighted by Crippen LogP contribution is 2.27. The van der Waals surface area contributed by atoms with E-state index in [9.17, 15) is 9.18 Å². The molecule has 0 N–H and O–H groups in total. The Labute approximate surface area is 119 Å². The molecule has 1 aromatic heterocycles. The molecule has 0 aliphatic heterocycles. The van der Waals surface area contributed by atoms with Crippen molar-refractivity contribution in [1.82, 2.24) is 0 Å². The molecule has 0 saturated heterocycles. The van der Waals surface area contributed by atoms with Gasteiger partial charge in [0.05, 0.1) is 10.6 Å². The minimum Gasteiger partial charge on any atom is -0.452 e. The molecule has 0 radical (unpaired) electrons. The van der Waals surface area contributed by atoms with E-state index in [4.69, 9.17) is 16.0 Å². The summed E-state index contributed by atoms with van der Waals surface area (Å²) in [7, 11) is 0. The number of carbonyl (C=O) groups excluding carboxylic acids is 1. The van der Waals surface area contributed by atoms with E-state index in [1.807, 2.05) is 25.1 Å². The predicted molar refractivity (Wildman–Crippen MR) is 75.8 cm³/mol. The van der Waals surface area contributed by atoms with Crippen LogP contribution in [0.15, 0.2) is 46.9 Å². The highest BCUT2D eigenvalue weighted by Gasteiger charge is 2.21. The highest BCUT2D eigenvalue weighted by atomic mass is 35.5. The molecular weight excluding hydrogens is 279 g/mol. The fourth-order valence-electron chi connectivity index (χ4n) is 2.16. The number of fused-ring (bicyclic) bond motifs is 1. The van der Waals surface area contributed by atoms with Gasteiger partial charge in [-0.25, -0.2) is 4.39 Å². The van der Waals surface area contributed by atoms with E-state index in [0.29, 0.717) is 5.58 Å². The summed E-state index contributed by atoms with van der Waals surface area (Å²) < 4.78 is 19.3. The molecule has 0 unspecified atom stereocenters. The van der Waals surface area contributed by atoms with Crippen LogP contribution in [-0.2, 0) is 0 Å². The zero-order valence-corrected chi connectivity index (χ0v) is 11.4. The molecule has 0 aliphatic carbocycles. The minimum absolute atomic E-state index is 0.0761. The lowest BCUT2D eigenvalue weighted by Crippen LogP contribution is -2.03. The lowest BCUT2D eigenvalue weighted by Gasteiger charge is -2.02. The van der Waals surface area contributed by atoms with Gasteiger partial charge < -0.3 is 4.42 Å². The Kier molecular flexibility index (Phi) is 3.07. The molecule has 0 saturated carbocycles. The van der Waals surface area contributed by atoms with Crippen molar-refractivity contribution in [2.75, 3.05) is 0 Å². The zero-order chi connectivity index (χ0) is 14.3. The molecule has 20 heavy (non-hydrogen) atoms. The number of halogens is 2. The number of hydrogen-bond acceptors (Lipinski definition) is 2. The van der Waals surface area contributed by atoms with E-state index in [1.54, 1.807) is 6.07 Å². The van der Waals surface area contributed by atoms with Crippen molar-refractivity contribution in [3.05, 3.63) is 70.2 Å². The normalized spacial score (nSPS) is 10.9. The lowest BCUT2D eigenvalue weighted by molar-refractivity contribution is 0.101. The molecule has 0 spiro atoms. The van der Waals surface area contributed by atoms with Crippen molar-refractivity contribution < 1.29 is 13.6 Å². The first kappa shape index (κ1) is 12.9. The Morgan fingerprint density at radius 2 is 1.95 bits per heavy atom. The molecule has 3 aromatic rings. The average molecular weight is 289 g/mol. The molecule has 2 nitrogen and oxygen atoms in total. The SMILES string of the molecule is Cc1cccc2cc(C(=O)c3c(F)cccc3Cl)oc12. The van der Waals surface area contributed by atoms with Crippen molar-refractivity contribution in [2.24, 2.45) is 0 Å². The molecule has 2 aromatic carbocycles. The maximum Gasteiger partial charge on any atom is 0.232 e. The van der Waals surface area contributed by atoms with Crippen LogP contribution in [0.25, 0.3) is 11.0 Å². The number of hydrogen-bond donors (Lipinski definition) is 0. The lowest BCUT2D eigenvalue weighted by atomic mass is 10.1. The average Bonchev–Trinajstić information content (AvgIpc) is 2.84. The number of furan rings is 1. The first-order valence-corrected chi connectivity index (χ1v) is 6.43. The summed E-state index contributed by atoms with van der Waals surface area (Å²) >= 11 is 5.90. The molecule has 3 rings (SSSR count). The van der Waals surface area contributed by atoms with Gasteiger partial charge in [0.15, 0.2) is 5.76 Å². The molecule has 0 aliphatic rings. The number of ketones is 1. The first-order valence-electron chi connectivity index (χ1n) is 6.06. The van der Waals surface area contributed by atoms with Gasteiger partial charge in [-0.3, -0.25) is 4.79 Å². The third kappa shape index (κ3) is 2.00. The fraction of sp³-hybridized carbons (Fsp3) is 0.0625. The van der Waals surface area contributed by atoms with Gasteiger partial charge in [0, 0.05) is 5.39 Å². The monoisotopic (exact) mass is 288 g/mol. The Morgan fingerprint density at radius 1 is 1.20 bits per heavy atom. The number of benzene rings is 2. The van der Waals surface area contributed by atoms with E-state index >= 15 is 0 Å².